The standard InChI is InChI=1S/C24H22ClF4N7O3/c1-30-22-33-8-13(9-34-22)20(37)36-23(4-5-39-12-23)21(38)32-11-19-17(25)7-15(10-31-19)35-18-3-2-14(26)6-16(18)24(27,28)29/h2-3,6-10,35H,4-5,11-12H2,1H3,(H,32,38)(H,36,37)(H,30,33,34). The van der Waals surface area contributed by atoms with Gasteiger partial charge in [-0.05, 0) is 24.3 Å². The predicted molar refractivity (Wildman–Crippen MR) is 133 cm³/mol. The number of amides is 2. The van der Waals surface area contributed by atoms with Crippen molar-refractivity contribution in [2.45, 2.75) is 24.7 Å². The van der Waals surface area contributed by atoms with Gasteiger partial charge >= 0.3 is 6.18 Å². The molecule has 1 unspecified atom stereocenters. The zero-order chi connectivity index (χ0) is 28.2. The summed E-state index contributed by atoms with van der Waals surface area (Å²) in [4.78, 5) is 38.0. The summed E-state index contributed by atoms with van der Waals surface area (Å²) in [5, 5.41) is 10.7. The highest BCUT2D eigenvalue weighted by Crippen LogP contribution is 2.36. The second kappa shape index (κ2) is 11.4. The van der Waals surface area contributed by atoms with Crippen LogP contribution >= 0.6 is 11.6 Å². The number of halogens is 5. The zero-order valence-electron chi connectivity index (χ0n) is 20.3. The van der Waals surface area contributed by atoms with E-state index in [0.717, 1.165) is 12.1 Å². The summed E-state index contributed by atoms with van der Waals surface area (Å²) in [5.41, 5.74) is -2.44. The number of nitrogens with zero attached hydrogens (tertiary/aromatic N) is 3. The molecule has 4 N–H and O–H groups in total. The Morgan fingerprint density at radius 2 is 1.87 bits per heavy atom. The number of alkyl halides is 3. The summed E-state index contributed by atoms with van der Waals surface area (Å²) in [6.07, 6.45) is -0.716. The van der Waals surface area contributed by atoms with Crippen LogP contribution in [0.1, 0.15) is 28.0 Å². The van der Waals surface area contributed by atoms with E-state index in [0.29, 0.717) is 12.0 Å². The molecule has 3 aromatic rings. The van der Waals surface area contributed by atoms with E-state index in [1.54, 1.807) is 7.05 Å². The van der Waals surface area contributed by atoms with Crippen LogP contribution in [0.4, 0.5) is 34.9 Å². The number of aromatic nitrogens is 3. The van der Waals surface area contributed by atoms with E-state index in [2.05, 4.69) is 36.2 Å². The summed E-state index contributed by atoms with van der Waals surface area (Å²) in [6, 6.07) is 3.55. The van der Waals surface area contributed by atoms with Crippen molar-refractivity contribution in [3.63, 3.8) is 0 Å². The van der Waals surface area contributed by atoms with E-state index in [9.17, 15) is 27.2 Å². The molecule has 0 saturated carbocycles. The first kappa shape index (κ1) is 28.0. The molecule has 3 heterocycles. The summed E-state index contributed by atoms with van der Waals surface area (Å²) in [5.74, 6) is -1.81. The number of nitrogens with one attached hydrogen (secondary N) is 4. The van der Waals surface area contributed by atoms with Crippen molar-refractivity contribution in [3.8, 4) is 0 Å². The molecule has 1 fully saturated rings. The van der Waals surface area contributed by atoms with Crippen molar-refractivity contribution in [3.05, 3.63) is 70.5 Å². The molecule has 4 rings (SSSR count). The van der Waals surface area contributed by atoms with Crippen LogP contribution in [0, 0.1) is 5.82 Å². The maximum Gasteiger partial charge on any atom is 0.418 e. The number of hydrogen-bond acceptors (Lipinski definition) is 8. The maximum absolute atomic E-state index is 13.4. The van der Waals surface area contributed by atoms with Crippen LogP contribution in [-0.2, 0) is 22.3 Å². The first-order chi connectivity index (χ1) is 18.5. The Bertz CT molecular complexity index is 1370. The summed E-state index contributed by atoms with van der Waals surface area (Å²) >= 11 is 6.27. The van der Waals surface area contributed by atoms with Crippen LogP contribution in [0.5, 0.6) is 0 Å². The molecule has 2 aromatic heterocycles. The fraction of sp³-hybridized carbons (Fsp3) is 0.292. The second-order valence-electron chi connectivity index (χ2n) is 8.53. The minimum absolute atomic E-state index is 0.0542. The fourth-order valence-corrected chi connectivity index (χ4v) is 4.01. The van der Waals surface area contributed by atoms with Gasteiger partial charge in [0.15, 0.2) is 0 Å². The summed E-state index contributed by atoms with van der Waals surface area (Å²) in [7, 11) is 1.63. The van der Waals surface area contributed by atoms with Crippen molar-refractivity contribution in [1.82, 2.24) is 25.6 Å². The molecule has 0 radical (unpaired) electrons. The summed E-state index contributed by atoms with van der Waals surface area (Å²) in [6.45, 7) is 0.0364. The van der Waals surface area contributed by atoms with Gasteiger partial charge in [0.25, 0.3) is 5.91 Å². The third-order valence-corrected chi connectivity index (χ3v) is 6.17. The molecule has 0 bridgehead atoms. The van der Waals surface area contributed by atoms with Gasteiger partial charge in [-0.2, -0.15) is 13.2 Å². The SMILES string of the molecule is CNc1ncc(C(=O)NC2(C(=O)NCc3ncc(Nc4ccc(F)cc4C(F)(F)F)cc3Cl)CCOC2)cn1. The van der Waals surface area contributed by atoms with Gasteiger partial charge in [-0.1, -0.05) is 11.6 Å². The van der Waals surface area contributed by atoms with Gasteiger partial charge in [-0.3, -0.25) is 14.6 Å². The molecule has 0 aliphatic carbocycles. The van der Waals surface area contributed by atoms with E-state index in [1.165, 1.54) is 24.7 Å². The molecule has 2 amide bonds. The van der Waals surface area contributed by atoms with Gasteiger partial charge in [0, 0.05) is 32.5 Å². The minimum atomic E-state index is -4.79. The van der Waals surface area contributed by atoms with Crippen molar-refractivity contribution >= 4 is 40.7 Å². The molecule has 1 aliphatic rings. The molecular weight excluding hydrogens is 546 g/mol. The zero-order valence-corrected chi connectivity index (χ0v) is 21.1. The van der Waals surface area contributed by atoms with Crippen LogP contribution in [0.25, 0.3) is 0 Å². The average Bonchev–Trinajstić information content (AvgIpc) is 3.38. The van der Waals surface area contributed by atoms with Crippen LogP contribution in [0.15, 0.2) is 42.9 Å². The lowest BCUT2D eigenvalue weighted by atomic mass is 9.96. The van der Waals surface area contributed by atoms with Gasteiger partial charge in [0.1, 0.15) is 11.4 Å². The molecule has 15 heteroatoms. The fourth-order valence-electron chi connectivity index (χ4n) is 3.78. The monoisotopic (exact) mass is 567 g/mol. The van der Waals surface area contributed by atoms with Crippen LogP contribution < -0.4 is 21.3 Å². The van der Waals surface area contributed by atoms with Crippen molar-refractivity contribution < 1.29 is 31.9 Å². The van der Waals surface area contributed by atoms with Gasteiger partial charge in [-0.25, -0.2) is 14.4 Å². The Hall–Kier alpha value is -4.04. The Morgan fingerprint density at radius 3 is 2.49 bits per heavy atom. The van der Waals surface area contributed by atoms with Crippen LogP contribution in [0.2, 0.25) is 5.02 Å². The smallest absolute Gasteiger partial charge is 0.378 e. The first-order valence-corrected chi connectivity index (χ1v) is 11.8. The highest BCUT2D eigenvalue weighted by molar-refractivity contribution is 6.31. The van der Waals surface area contributed by atoms with Crippen LogP contribution in [-0.4, -0.2) is 52.6 Å². The molecule has 39 heavy (non-hydrogen) atoms. The number of carbonyl (C=O) groups is 2. The highest BCUT2D eigenvalue weighted by Gasteiger charge is 2.44. The van der Waals surface area contributed by atoms with Gasteiger partial charge in [0.05, 0.1) is 52.6 Å². The van der Waals surface area contributed by atoms with Crippen molar-refractivity contribution in [2.75, 3.05) is 30.9 Å². The van der Waals surface area contributed by atoms with Gasteiger partial charge in [0.2, 0.25) is 11.9 Å². The molecule has 1 saturated heterocycles. The Kier molecular flexibility index (Phi) is 8.16. The molecule has 1 aromatic carbocycles. The van der Waals surface area contributed by atoms with E-state index in [-0.39, 0.29) is 53.8 Å². The first-order valence-electron chi connectivity index (χ1n) is 11.5. The normalized spacial score (nSPS) is 17.0. The van der Waals surface area contributed by atoms with E-state index in [1.807, 2.05) is 0 Å². The van der Waals surface area contributed by atoms with Crippen molar-refractivity contribution in [2.24, 2.45) is 0 Å². The Labute approximate surface area is 224 Å². The Balaban J connectivity index is 1.43. The third-order valence-electron chi connectivity index (χ3n) is 5.85. The topological polar surface area (TPSA) is 130 Å². The molecule has 0 spiro atoms. The number of anilines is 3. The number of rotatable bonds is 8. The van der Waals surface area contributed by atoms with E-state index >= 15 is 0 Å². The van der Waals surface area contributed by atoms with Crippen molar-refractivity contribution in [1.29, 1.82) is 0 Å². The summed E-state index contributed by atoms with van der Waals surface area (Å²) < 4.78 is 58.6. The third kappa shape index (κ3) is 6.52. The Morgan fingerprint density at radius 1 is 1.13 bits per heavy atom. The van der Waals surface area contributed by atoms with Crippen LogP contribution in [0.3, 0.4) is 0 Å². The molecular formula is C24H22ClF4N7O3. The van der Waals surface area contributed by atoms with Gasteiger partial charge < -0.3 is 26.0 Å². The minimum Gasteiger partial charge on any atom is -0.378 e. The molecule has 1 aliphatic heterocycles. The number of hydrogen-bond donors (Lipinski definition) is 4. The highest BCUT2D eigenvalue weighted by atomic mass is 35.5. The number of pyridine rings is 1. The average molecular weight is 568 g/mol. The molecule has 206 valence electrons. The predicted octanol–water partition coefficient (Wildman–Crippen LogP) is 3.67. The largest absolute Gasteiger partial charge is 0.418 e. The maximum atomic E-state index is 13.4. The van der Waals surface area contributed by atoms with Gasteiger partial charge in [-0.15, -0.1) is 0 Å². The lowest BCUT2D eigenvalue weighted by Gasteiger charge is -2.27. The number of benzene rings is 1. The lowest BCUT2D eigenvalue weighted by Crippen LogP contribution is -2.59. The number of carbonyl (C=O) groups excluding carboxylic acids is 2. The quantitative estimate of drug-likeness (QED) is 0.303. The lowest BCUT2D eigenvalue weighted by molar-refractivity contribution is -0.137. The molecule has 10 nitrogen and oxygen atoms in total. The van der Waals surface area contributed by atoms with E-state index < -0.39 is 34.9 Å². The number of ether oxygens (including phenoxy) is 1. The second-order valence-corrected chi connectivity index (χ2v) is 8.94. The molecule has 1 atom stereocenters. The van der Waals surface area contributed by atoms with E-state index in [4.69, 9.17) is 16.3 Å².